The molecule has 0 spiro atoms. The molecule has 1 aromatic carbocycles. The maximum atomic E-state index is 12.7. The van der Waals surface area contributed by atoms with E-state index in [9.17, 15) is 13.2 Å². The van der Waals surface area contributed by atoms with Gasteiger partial charge >= 0.3 is 5.51 Å². The number of aromatic nitrogens is 2. The summed E-state index contributed by atoms with van der Waals surface area (Å²) in [6.45, 7) is 0. The van der Waals surface area contributed by atoms with Crippen LogP contribution in [0, 0.1) is 0 Å². The number of hydrogen-bond acceptors (Lipinski definition) is 2. The second kappa shape index (κ2) is 4.86. The number of pyridine rings is 1. The minimum Gasteiger partial charge on any atom is -0.288 e. The summed E-state index contributed by atoms with van der Waals surface area (Å²) in [4.78, 5) is 4.14. The molecule has 0 aliphatic heterocycles. The molecule has 3 rings (SSSR count). The number of thioether (sulfide) groups is 1. The van der Waals surface area contributed by atoms with Gasteiger partial charge in [0.25, 0.3) is 0 Å². The van der Waals surface area contributed by atoms with E-state index in [0.717, 1.165) is 5.39 Å². The quantitative estimate of drug-likeness (QED) is 0.641. The van der Waals surface area contributed by atoms with Gasteiger partial charge in [-0.05, 0) is 24.3 Å². The standard InChI is InChI=1S/C14H9F3N2S/c15-14(16,17)20-13-9-10-5-1-2-6-11(10)19(13)12-7-3-4-8-18-12/h1-9H. The maximum Gasteiger partial charge on any atom is 0.447 e. The van der Waals surface area contributed by atoms with Crippen LogP contribution >= 0.6 is 11.8 Å². The van der Waals surface area contributed by atoms with E-state index in [1.54, 1.807) is 48.7 Å². The lowest BCUT2D eigenvalue weighted by atomic mass is 10.2. The largest absolute Gasteiger partial charge is 0.447 e. The normalized spacial score (nSPS) is 11.9. The molecule has 102 valence electrons. The Kier molecular flexibility index (Phi) is 3.17. The van der Waals surface area contributed by atoms with Crippen LogP contribution in [-0.2, 0) is 0 Å². The van der Waals surface area contributed by atoms with Gasteiger partial charge in [0.2, 0.25) is 0 Å². The summed E-state index contributed by atoms with van der Waals surface area (Å²) in [5.41, 5.74) is -3.63. The van der Waals surface area contributed by atoms with Crippen molar-refractivity contribution in [2.75, 3.05) is 0 Å². The summed E-state index contributed by atoms with van der Waals surface area (Å²) in [7, 11) is 0. The van der Waals surface area contributed by atoms with Gasteiger partial charge in [-0.15, -0.1) is 0 Å². The Bertz CT molecular complexity index is 735. The van der Waals surface area contributed by atoms with Crippen LogP contribution in [-0.4, -0.2) is 15.1 Å². The second-order valence-corrected chi connectivity index (χ2v) is 5.20. The van der Waals surface area contributed by atoms with Gasteiger partial charge in [0, 0.05) is 23.3 Å². The molecule has 2 aromatic heterocycles. The maximum absolute atomic E-state index is 12.7. The molecule has 0 aliphatic carbocycles. The van der Waals surface area contributed by atoms with Gasteiger partial charge in [0.15, 0.2) is 0 Å². The summed E-state index contributed by atoms with van der Waals surface area (Å²) in [6.07, 6.45) is 1.56. The molecule has 0 bridgehead atoms. The fourth-order valence-electron chi connectivity index (χ4n) is 2.05. The van der Waals surface area contributed by atoms with Crippen LogP contribution in [0.15, 0.2) is 59.8 Å². The molecule has 0 saturated carbocycles. The van der Waals surface area contributed by atoms with Crippen LogP contribution in [0.5, 0.6) is 0 Å². The first-order valence-electron chi connectivity index (χ1n) is 5.82. The van der Waals surface area contributed by atoms with Gasteiger partial charge in [-0.25, -0.2) is 4.98 Å². The average molecular weight is 294 g/mol. The van der Waals surface area contributed by atoms with Gasteiger partial charge in [0.05, 0.1) is 10.5 Å². The minimum atomic E-state index is -4.33. The number of rotatable bonds is 2. The smallest absolute Gasteiger partial charge is 0.288 e. The molecule has 0 atom stereocenters. The van der Waals surface area contributed by atoms with E-state index in [1.807, 2.05) is 0 Å². The van der Waals surface area contributed by atoms with Gasteiger partial charge in [0.1, 0.15) is 5.82 Å². The summed E-state index contributed by atoms with van der Waals surface area (Å²) in [6, 6.07) is 13.9. The van der Waals surface area contributed by atoms with Gasteiger partial charge in [-0.3, -0.25) is 4.57 Å². The molecule has 0 radical (unpaired) electrons. The topological polar surface area (TPSA) is 17.8 Å². The lowest BCUT2D eigenvalue weighted by molar-refractivity contribution is -0.0329. The lowest BCUT2D eigenvalue weighted by Gasteiger charge is -2.10. The first-order valence-corrected chi connectivity index (χ1v) is 6.64. The average Bonchev–Trinajstić information content (AvgIpc) is 2.75. The molecule has 0 saturated heterocycles. The number of fused-ring (bicyclic) bond motifs is 1. The van der Waals surface area contributed by atoms with Crippen LogP contribution in [0.25, 0.3) is 16.7 Å². The van der Waals surface area contributed by atoms with Gasteiger partial charge < -0.3 is 0 Å². The van der Waals surface area contributed by atoms with Crippen molar-refractivity contribution in [3.8, 4) is 5.82 Å². The third-order valence-electron chi connectivity index (χ3n) is 2.78. The molecule has 20 heavy (non-hydrogen) atoms. The van der Waals surface area contributed by atoms with Gasteiger partial charge in [-0.2, -0.15) is 13.2 Å². The number of benzene rings is 1. The predicted molar refractivity (Wildman–Crippen MR) is 73.0 cm³/mol. The number of para-hydroxylation sites is 1. The molecular formula is C14H9F3N2S. The molecule has 6 heteroatoms. The van der Waals surface area contributed by atoms with Crippen LogP contribution < -0.4 is 0 Å². The van der Waals surface area contributed by atoms with Crippen LogP contribution in [0.2, 0.25) is 0 Å². The molecule has 0 fully saturated rings. The third-order valence-corrected chi connectivity index (χ3v) is 3.52. The van der Waals surface area contributed by atoms with E-state index < -0.39 is 5.51 Å². The van der Waals surface area contributed by atoms with E-state index in [0.29, 0.717) is 11.3 Å². The highest BCUT2D eigenvalue weighted by Crippen LogP contribution is 2.40. The SMILES string of the molecule is FC(F)(F)Sc1cc2ccccc2n1-c1ccccn1. The highest BCUT2D eigenvalue weighted by atomic mass is 32.2. The monoisotopic (exact) mass is 294 g/mol. The van der Waals surface area contributed by atoms with Crippen LogP contribution in [0.4, 0.5) is 13.2 Å². The Morgan fingerprint density at radius 1 is 1.00 bits per heavy atom. The zero-order chi connectivity index (χ0) is 14.2. The summed E-state index contributed by atoms with van der Waals surface area (Å²) >= 11 is -0.129. The van der Waals surface area contributed by atoms with Crippen molar-refractivity contribution in [2.24, 2.45) is 0 Å². The Morgan fingerprint density at radius 2 is 1.75 bits per heavy atom. The predicted octanol–water partition coefficient (Wildman–Crippen LogP) is 4.64. The molecule has 0 amide bonds. The molecule has 0 aliphatic rings. The highest BCUT2D eigenvalue weighted by Gasteiger charge is 2.31. The molecule has 2 heterocycles. The fourth-order valence-corrected chi connectivity index (χ4v) is 2.75. The Morgan fingerprint density at radius 3 is 2.45 bits per heavy atom. The molecule has 3 aromatic rings. The van der Waals surface area contributed by atoms with Crippen molar-refractivity contribution >= 4 is 22.7 Å². The summed E-state index contributed by atoms with van der Waals surface area (Å²) < 4.78 is 39.6. The van der Waals surface area contributed by atoms with E-state index >= 15 is 0 Å². The third kappa shape index (κ3) is 2.51. The van der Waals surface area contributed by atoms with E-state index in [1.165, 1.54) is 10.6 Å². The van der Waals surface area contributed by atoms with Crippen molar-refractivity contribution in [1.82, 2.24) is 9.55 Å². The van der Waals surface area contributed by atoms with Crippen LogP contribution in [0.3, 0.4) is 0 Å². The fraction of sp³-hybridized carbons (Fsp3) is 0.0714. The Hall–Kier alpha value is -1.95. The van der Waals surface area contributed by atoms with Crippen molar-refractivity contribution in [1.29, 1.82) is 0 Å². The van der Waals surface area contributed by atoms with E-state index in [4.69, 9.17) is 0 Å². The van der Waals surface area contributed by atoms with Crippen molar-refractivity contribution in [3.63, 3.8) is 0 Å². The molecular weight excluding hydrogens is 285 g/mol. The van der Waals surface area contributed by atoms with E-state index in [-0.39, 0.29) is 16.8 Å². The summed E-state index contributed by atoms with van der Waals surface area (Å²) in [5, 5.41) is 0.863. The van der Waals surface area contributed by atoms with Crippen molar-refractivity contribution in [3.05, 3.63) is 54.7 Å². The Balaban J connectivity index is 2.24. The molecule has 0 N–H and O–H groups in total. The summed E-state index contributed by atoms with van der Waals surface area (Å²) in [5.74, 6) is 0.473. The van der Waals surface area contributed by atoms with E-state index in [2.05, 4.69) is 4.98 Å². The Labute approximate surface area is 117 Å². The lowest BCUT2D eigenvalue weighted by Crippen LogP contribution is -2.04. The van der Waals surface area contributed by atoms with Crippen molar-refractivity contribution < 1.29 is 13.2 Å². The zero-order valence-corrected chi connectivity index (χ0v) is 10.9. The first kappa shape index (κ1) is 13.1. The number of hydrogen-bond donors (Lipinski definition) is 0. The van der Waals surface area contributed by atoms with Crippen molar-refractivity contribution in [2.45, 2.75) is 10.5 Å². The first-order chi connectivity index (χ1) is 9.54. The minimum absolute atomic E-state index is 0.109. The van der Waals surface area contributed by atoms with Gasteiger partial charge in [-0.1, -0.05) is 24.3 Å². The zero-order valence-electron chi connectivity index (χ0n) is 10.1. The number of alkyl halides is 3. The molecule has 2 nitrogen and oxygen atoms in total. The number of nitrogens with zero attached hydrogens (tertiary/aromatic N) is 2. The highest BCUT2D eigenvalue weighted by molar-refractivity contribution is 8.00. The molecule has 0 unspecified atom stereocenters. The van der Waals surface area contributed by atoms with Crippen LogP contribution in [0.1, 0.15) is 0 Å². The number of halogens is 3. The second-order valence-electron chi connectivity index (χ2n) is 4.11.